The van der Waals surface area contributed by atoms with E-state index in [0.717, 1.165) is 0 Å². The number of carbonyl (C=O) groups is 1. The summed E-state index contributed by atoms with van der Waals surface area (Å²) in [6, 6.07) is 0. The van der Waals surface area contributed by atoms with Gasteiger partial charge in [-0.1, -0.05) is 12.2 Å². The van der Waals surface area contributed by atoms with E-state index in [-0.39, 0.29) is 19.3 Å². The average molecular weight is 351 g/mol. The second-order valence-corrected chi connectivity index (χ2v) is 5.14. The van der Waals surface area contributed by atoms with Crippen LogP contribution in [0.2, 0.25) is 0 Å². The maximum absolute atomic E-state index is 12.6. The molecule has 4 nitrogen and oxygen atoms in total. The lowest BCUT2D eigenvalue weighted by Crippen LogP contribution is -2.59. The number of carboxylic acid groups (broad SMARTS) is 1. The van der Waals surface area contributed by atoms with Crippen LogP contribution in [0.15, 0.2) is 12.2 Å². The Labute approximate surface area is 129 Å². The lowest BCUT2D eigenvalue weighted by molar-refractivity contribution is -0.284. The molecule has 4 N–H and O–H groups in total. The van der Waals surface area contributed by atoms with Crippen molar-refractivity contribution in [2.75, 3.05) is 6.67 Å². The van der Waals surface area contributed by atoms with Crippen LogP contribution in [-0.4, -0.2) is 46.6 Å². The molecular weight excluding hydrogens is 332 g/mol. The molecular formula is C13H19F6NO3. The van der Waals surface area contributed by atoms with E-state index >= 15 is 0 Å². The Morgan fingerprint density at radius 3 is 2.09 bits per heavy atom. The molecule has 23 heavy (non-hydrogen) atoms. The number of allylic oxidation sites excluding steroid dienone is 2. The van der Waals surface area contributed by atoms with Gasteiger partial charge >= 0.3 is 18.1 Å². The average Bonchev–Trinajstić information content (AvgIpc) is 2.43. The summed E-state index contributed by atoms with van der Waals surface area (Å²) in [6.45, 7) is -1.47. The summed E-state index contributed by atoms with van der Waals surface area (Å²) in [4.78, 5) is 10.7. The molecule has 0 saturated carbocycles. The molecule has 0 aliphatic carbocycles. The van der Waals surface area contributed by atoms with Gasteiger partial charge in [-0.25, -0.2) is 4.39 Å². The predicted molar refractivity (Wildman–Crippen MR) is 69.8 cm³/mol. The van der Waals surface area contributed by atoms with E-state index in [1.807, 2.05) is 0 Å². The van der Waals surface area contributed by atoms with Crippen molar-refractivity contribution in [3.05, 3.63) is 12.2 Å². The van der Waals surface area contributed by atoms with Crippen molar-refractivity contribution < 1.29 is 41.4 Å². The van der Waals surface area contributed by atoms with Gasteiger partial charge in [0.15, 0.2) is 5.54 Å². The molecule has 0 fully saturated rings. The van der Waals surface area contributed by atoms with E-state index in [9.17, 15) is 36.2 Å². The molecule has 136 valence electrons. The zero-order valence-corrected chi connectivity index (χ0v) is 12.1. The van der Waals surface area contributed by atoms with Gasteiger partial charge in [0.25, 0.3) is 0 Å². The van der Waals surface area contributed by atoms with Crippen LogP contribution in [0, 0.1) is 0 Å². The zero-order chi connectivity index (χ0) is 18.3. The van der Waals surface area contributed by atoms with E-state index in [2.05, 4.69) is 0 Å². The lowest BCUT2D eigenvalue weighted by Gasteiger charge is -2.26. The fourth-order valence-electron chi connectivity index (χ4n) is 1.62. The number of hydrogen-bond donors (Lipinski definition) is 3. The highest BCUT2D eigenvalue weighted by Crippen LogP contribution is 2.39. The quantitative estimate of drug-likeness (QED) is 0.321. The normalized spacial score (nSPS) is 17.2. The number of aliphatic hydroxyl groups excluding tert-OH is 1. The number of halogens is 6. The summed E-state index contributed by atoms with van der Waals surface area (Å²) < 4.78 is 73.4. The number of aliphatic carboxylic acids is 1. The van der Waals surface area contributed by atoms with Gasteiger partial charge < -0.3 is 15.9 Å². The van der Waals surface area contributed by atoms with Gasteiger partial charge in [-0.05, 0) is 25.7 Å². The number of aliphatic hydroxyl groups is 1. The number of hydrogen-bond acceptors (Lipinski definition) is 3. The molecule has 0 spiro atoms. The van der Waals surface area contributed by atoms with Crippen LogP contribution in [0.4, 0.5) is 26.3 Å². The topological polar surface area (TPSA) is 83.6 Å². The van der Waals surface area contributed by atoms with Crippen LogP contribution in [0.1, 0.15) is 32.1 Å². The molecule has 0 saturated heterocycles. The highest BCUT2D eigenvalue weighted by atomic mass is 19.4. The zero-order valence-electron chi connectivity index (χ0n) is 12.1. The third-order valence-electron chi connectivity index (χ3n) is 3.26. The maximum atomic E-state index is 12.6. The first-order chi connectivity index (χ1) is 10.4. The van der Waals surface area contributed by atoms with Crippen LogP contribution in [0.5, 0.6) is 0 Å². The van der Waals surface area contributed by atoms with Crippen molar-refractivity contribution in [3.63, 3.8) is 0 Å². The number of rotatable bonds is 10. The van der Waals surface area contributed by atoms with Crippen LogP contribution in [-0.2, 0) is 4.79 Å². The minimum absolute atomic E-state index is 0.0441. The molecule has 0 bridgehead atoms. The van der Waals surface area contributed by atoms with Gasteiger partial charge in [0.2, 0.25) is 0 Å². The molecule has 0 aromatic heterocycles. The van der Waals surface area contributed by atoms with Gasteiger partial charge in [-0.2, -0.15) is 22.0 Å². The maximum Gasteiger partial charge on any atom is 0.453 e. The molecule has 0 heterocycles. The number of unbranched alkanes of at least 4 members (excludes halogenated alkanes) is 1. The number of carboxylic acids is 1. The van der Waals surface area contributed by atoms with Gasteiger partial charge in [0.05, 0.1) is 6.10 Å². The van der Waals surface area contributed by atoms with Crippen LogP contribution < -0.4 is 5.73 Å². The summed E-state index contributed by atoms with van der Waals surface area (Å²) >= 11 is 0. The minimum Gasteiger partial charge on any atom is -0.480 e. The van der Waals surface area contributed by atoms with Crippen molar-refractivity contribution in [3.8, 4) is 0 Å². The molecule has 0 amide bonds. The SMILES string of the molecule is NC(CF)(C(=O)O)C(O)CC/C=C/CCCC(F)(F)C(F)(F)F. The summed E-state index contributed by atoms with van der Waals surface area (Å²) in [6.07, 6.45) is -6.44. The number of alkyl halides is 6. The van der Waals surface area contributed by atoms with E-state index in [1.54, 1.807) is 0 Å². The Balaban J connectivity index is 4.13. The second-order valence-electron chi connectivity index (χ2n) is 5.14. The Morgan fingerprint density at radius 1 is 1.13 bits per heavy atom. The van der Waals surface area contributed by atoms with E-state index in [1.165, 1.54) is 12.2 Å². The third kappa shape index (κ3) is 6.38. The third-order valence-corrected chi connectivity index (χ3v) is 3.26. The fourth-order valence-corrected chi connectivity index (χ4v) is 1.62. The molecule has 0 aromatic carbocycles. The molecule has 0 aliphatic rings. The predicted octanol–water partition coefficient (Wildman–Crippen LogP) is 2.80. The van der Waals surface area contributed by atoms with E-state index < -0.39 is 49.2 Å². The van der Waals surface area contributed by atoms with E-state index in [0.29, 0.717) is 0 Å². The fraction of sp³-hybridized carbons (Fsp3) is 0.769. The highest BCUT2D eigenvalue weighted by Gasteiger charge is 2.56. The molecule has 0 radical (unpaired) electrons. The molecule has 0 aliphatic heterocycles. The summed E-state index contributed by atoms with van der Waals surface area (Å²) in [5.41, 5.74) is 2.77. The standard InChI is InChI=1S/C13H19F6NO3/c14-8-11(20,10(22)23)9(21)6-4-2-1-3-5-7-12(15,16)13(17,18)19/h1-2,9,21H,3-8,20H2,(H,22,23)/b2-1+. The number of nitrogens with two attached hydrogens (primary N) is 1. The van der Waals surface area contributed by atoms with Crippen LogP contribution in [0.25, 0.3) is 0 Å². The van der Waals surface area contributed by atoms with Crippen molar-refractivity contribution in [1.29, 1.82) is 0 Å². The lowest BCUT2D eigenvalue weighted by atomic mass is 9.92. The Hall–Kier alpha value is -1.29. The van der Waals surface area contributed by atoms with Crippen molar-refractivity contribution in [2.24, 2.45) is 5.73 Å². The minimum atomic E-state index is -5.57. The summed E-state index contributed by atoms with van der Waals surface area (Å²) in [5.74, 6) is -6.44. The molecule has 10 heteroatoms. The summed E-state index contributed by atoms with van der Waals surface area (Å²) in [7, 11) is 0. The van der Waals surface area contributed by atoms with E-state index in [4.69, 9.17) is 10.8 Å². The Morgan fingerprint density at radius 2 is 1.65 bits per heavy atom. The van der Waals surface area contributed by atoms with Gasteiger partial charge in [-0.15, -0.1) is 0 Å². The first-order valence-electron chi connectivity index (χ1n) is 6.74. The smallest absolute Gasteiger partial charge is 0.453 e. The Bertz CT molecular complexity index is 413. The summed E-state index contributed by atoms with van der Waals surface area (Å²) in [5, 5.41) is 18.2. The monoisotopic (exact) mass is 351 g/mol. The first kappa shape index (κ1) is 21.7. The second kappa shape index (κ2) is 8.53. The van der Waals surface area contributed by atoms with Gasteiger partial charge in [-0.3, -0.25) is 4.79 Å². The van der Waals surface area contributed by atoms with Crippen molar-refractivity contribution >= 4 is 5.97 Å². The first-order valence-corrected chi connectivity index (χ1v) is 6.74. The van der Waals surface area contributed by atoms with Gasteiger partial charge in [0, 0.05) is 6.42 Å². The van der Waals surface area contributed by atoms with Crippen LogP contribution in [0.3, 0.4) is 0 Å². The largest absolute Gasteiger partial charge is 0.480 e. The Kier molecular flexibility index (Phi) is 8.05. The van der Waals surface area contributed by atoms with Crippen molar-refractivity contribution in [2.45, 2.75) is 55.8 Å². The highest BCUT2D eigenvalue weighted by molar-refractivity contribution is 5.79. The molecule has 0 aromatic rings. The van der Waals surface area contributed by atoms with Gasteiger partial charge in [0.1, 0.15) is 6.67 Å². The van der Waals surface area contributed by atoms with Crippen LogP contribution >= 0.6 is 0 Å². The molecule has 0 rings (SSSR count). The molecule has 2 unspecified atom stereocenters. The molecule has 2 atom stereocenters. The van der Waals surface area contributed by atoms with Crippen molar-refractivity contribution in [1.82, 2.24) is 0 Å².